The second-order valence-electron chi connectivity index (χ2n) is 4.04. The van der Waals surface area contributed by atoms with Gasteiger partial charge < -0.3 is 10.8 Å². The molecule has 0 spiro atoms. The first-order chi connectivity index (χ1) is 7.63. The summed E-state index contributed by atoms with van der Waals surface area (Å²) in [6.07, 6.45) is 3.97. The van der Waals surface area contributed by atoms with E-state index in [2.05, 4.69) is 0 Å². The number of aliphatic hydroxyl groups excluding tert-OH is 1. The van der Waals surface area contributed by atoms with Gasteiger partial charge in [0.1, 0.15) is 0 Å². The molecule has 6 heteroatoms. The number of amides is 3. The smallest absolute Gasteiger partial charge is 0.318 e. The van der Waals surface area contributed by atoms with Gasteiger partial charge in [-0.2, -0.15) is 0 Å². The molecule has 1 fully saturated rings. The number of urea groups is 1. The van der Waals surface area contributed by atoms with Crippen LogP contribution in [-0.2, 0) is 4.79 Å². The van der Waals surface area contributed by atoms with Gasteiger partial charge in [-0.15, -0.1) is 0 Å². The standard InChI is InChI=1S/C10H19N3O3/c11-10(16)12-9(15)7-13(5-2-6-14)8-3-1-4-8/h8,14H,1-7H2,(H3,11,12,15,16). The Balaban J connectivity index is 2.36. The maximum absolute atomic E-state index is 11.4. The van der Waals surface area contributed by atoms with Gasteiger partial charge in [0.15, 0.2) is 0 Å². The lowest BCUT2D eigenvalue weighted by atomic mass is 9.91. The third-order valence-corrected chi connectivity index (χ3v) is 2.80. The number of rotatable bonds is 6. The van der Waals surface area contributed by atoms with E-state index >= 15 is 0 Å². The zero-order valence-corrected chi connectivity index (χ0v) is 9.32. The molecule has 3 amide bonds. The number of primary amides is 1. The fourth-order valence-corrected chi connectivity index (χ4v) is 1.78. The highest BCUT2D eigenvalue weighted by Gasteiger charge is 2.26. The minimum atomic E-state index is -0.819. The first-order valence-corrected chi connectivity index (χ1v) is 5.57. The minimum absolute atomic E-state index is 0.112. The maximum atomic E-state index is 11.4. The van der Waals surface area contributed by atoms with E-state index in [0.717, 1.165) is 12.8 Å². The number of imide groups is 1. The largest absolute Gasteiger partial charge is 0.396 e. The molecule has 0 aromatic carbocycles. The van der Waals surface area contributed by atoms with Crippen LogP contribution in [0.3, 0.4) is 0 Å². The Hall–Kier alpha value is -1.14. The van der Waals surface area contributed by atoms with Crippen LogP contribution in [0.15, 0.2) is 0 Å². The molecule has 0 bridgehead atoms. The molecule has 1 rings (SSSR count). The van der Waals surface area contributed by atoms with Crippen molar-refractivity contribution in [1.82, 2.24) is 10.2 Å². The molecular weight excluding hydrogens is 210 g/mol. The molecule has 0 saturated heterocycles. The summed E-state index contributed by atoms with van der Waals surface area (Å²) in [5, 5.41) is 10.8. The summed E-state index contributed by atoms with van der Waals surface area (Å²) < 4.78 is 0. The Morgan fingerprint density at radius 1 is 1.44 bits per heavy atom. The van der Waals surface area contributed by atoms with E-state index in [9.17, 15) is 9.59 Å². The topological polar surface area (TPSA) is 95.7 Å². The van der Waals surface area contributed by atoms with Crippen molar-refractivity contribution in [2.45, 2.75) is 31.7 Å². The van der Waals surface area contributed by atoms with Crippen molar-refractivity contribution in [1.29, 1.82) is 0 Å². The predicted molar refractivity (Wildman–Crippen MR) is 58.6 cm³/mol. The SMILES string of the molecule is NC(=O)NC(=O)CN(CCCO)C1CCC1. The summed E-state index contributed by atoms with van der Waals surface area (Å²) in [5.74, 6) is -0.377. The van der Waals surface area contributed by atoms with E-state index in [1.54, 1.807) is 0 Å². The number of carbonyl (C=O) groups is 2. The highest BCUT2D eigenvalue weighted by Crippen LogP contribution is 2.24. The average molecular weight is 229 g/mol. The number of aliphatic hydroxyl groups is 1. The normalized spacial score (nSPS) is 15.9. The van der Waals surface area contributed by atoms with Crippen molar-refractivity contribution in [2.24, 2.45) is 5.73 Å². The molecule has 1 aliphatic carbocycles. The lowest BCUT2D eigenvalue weighted by Gasteiger charge is -2.36. The van der Waals surface area contributed by atoms with Crippen LogP contribution in [0.1, 0.15) is 25.7 Å². The van der Waals surface area contributed by atoms with Gasteiger partial charge in [-0.05, 0) is 19.3 Å². The summed E-state index contributed by atoms with van der Waals surface area (Å²) >= 11 is 0. The van der Waals surface area contributed by atoms with Gasteiger partial charge in [-0.3, -0.25) is 15.0 Å². The molecule has 0 aromatic rings. The Morgan fingerprint density at radius 3 is 2.56 bits per heavy atom. The summed E-state index contributed by atoms with van der Waals surface area (Å²) in [4.78, 5) is 23.8. The quantitative estimate of drug-likeness (QED) is 0.567. The summed E-state index contributed by atoms with van der Waals surface area (Å²) in [6, 6.07) is -0.411. The number of hydrogen-bond acceptors (Lipinski definition) is 4. The number of nitrogens with zero attached hydrogens (tertiary/aromatic N) is 1. The molecule has 0 heterocycles. The highest BCUT2D eigenvalue weighted by molar-refractivity contribution is 5.94. The molecule has 0 radical (unpaired) electrons. The molecule has 0 unspecified atom stereocenters. The molecule has 4 N–H and O–H groups in total. The summed E-state index contributed by atoms with van der Waals surface area (Å²) in [7, 11) is 0. The maximum Gasteiger partial charge on any atom is 0.318 e. The van der Waals surface area contributed by atoms with E-state index in [1.165, 1.54) is 6.42 Å². The molecule has 0 aliphatic heterocycles. The summed E-state index contributed by atoms with van der Waals surface area (Å²) in [6.45, 7) is 0.960. The van der Waals surface area contributed by atoms with Crippen LogP contribution in [-0.4, -0.2) is 47.7 Å². The van der Waals surface area contributed by atoms with Crippen molar-refractivity contribution >= 4 is 11.9 Å². The van der Waals surface area contributed by atoms with Gasteiger partial charge in [0.05, 0.1) is 6.54 Å². The molecule has 92 valence electrons. The lowest BCUT2D eigenvalue weighted by molar-refractivity contribution is -0.122. The van der Waals surface area contributed by atoms with Gasteiger partial charge in [-0.25, -0.2) is 4.79 Å². The van der Waals surface area contributed by atoms with Crippen molar-refractivity contribution in [3.05, 3.63) is 0 Å². The Bertz CT molecular complexity index is 254. The van der Waals surface area contributed by atoms with Crippen LogP contribution >= 0.6 is 0 Å². The first kappa shape index (κ1) is 12.9. The van der Waals surface area contributed by atoms with E-state index < -0.39 is 6.03 Å². The van der Waals surface area contributed by atoms with Crippen molar-refractivity contribution in [3.8, 4) is 0 Å². The van der Waals surface area contributed by atoms with Crippen LogP contribution in [0.25, 0.3) is 0 Å². The van der Waals surface area contributed by atoms with Crippen molar-refractivity contribution in [3.63, 3.8) is 0 Å². The molecule has 0 atom stereocenters. The van der Waals surface area contributed by atoms with Gasteiger partial charge in [0, 0.05) is 19.2 Å². The fraction of sp³-hybridized carbons (Fsp3) is 0.800. The van der Waals surface area contributed by atoms with E-state index in [0.29, 0.717) is 19.0 Å². The van der Waals surface area contributed by atoms with Crippen molar-refractivity contribution < 1.29 is 14.7 Å². The average Bonchev–Trinajstić information content (AvgIpc) is 2.09. The van der Waals surface area contributed by atoms with Crippen molar-refractivity contribution in [2.75, 3.05) is 19.7 Å². The third kappa shape index (κ3) is 4.16. The number of hydrogen-bond donors (Lipinski definition) is 3. The van der Waals surface area contributed by atoms with Gasteiger partial charge in [0.2, 0.25) is 5.91 Å². The van der Waals surface area contributed by atoms with Crippen LogP contribution < -0.4 is 11.1 Å². The minimum Gasteiger partial charge on any atom is -0.396 e. The predicted octanol–water partition coefficient (Wildman–Crippen LogP) is -0.582. The fourth-order valence-electron chi connectivity index (χ4n) is 1.78. The first-order valence-electron chi connectivity index (χ1n) is 5.57. The second-order valence-corrected chi connectivity index (χ2v) is 4.04. The molecule has 1 aliphatic rings. The van der Waals surface area contributed by atoms with Crippen LogP contribution in [0.2, 0.25) is 0 Å². The molecule has 6 nitrogen and oxygen atoms in total. The molecule has 16 heavy (non-hydrogen) atoms. The van der Waals surface area contributed by atoms with Crippen LogP contribution in [0.5, 0.6) is 0 Å². The van der Waals surface area contributed by atoms with E-state index in [1.807, 2.05) is 10.2 Å². The third-order valence-electron chi connectivity index (χ3n) is 2.80. The Labute approximate surface area is 94.8 Å². The van der Waals surface area contributed by atoms with Crippen LogP contribution in [0, 0.1) is 0 Å². The van der Waals surface area contributed by atoms with E-state index in [4.69, 9.17) is 10.8 Å². The Kier molecular flexibility index (Phi) is 5.21. The van der Waals surface area contributed by atoms with Crippen LogP contribution in [0.4, 0.5) is 4.79 Å². The van der Waals surface area contributed by atoms with Gasteiger partial charge >= 0.3 is 6.03 Å². The highest BCUT2D eigenvalue weighted by atomic mass is 16.3. The molecular formula is C10H19N3O3. The monoisotopic (exact) mass is 229 g/mol. The zero-order valence-electron chi connectivity index (χ0n) is 9.32. The number of nitrogens with two attached hydrogens (primary N) is 1. The lowest BCUT2D eigenvalue weighted by Crippen LogP contribution is -2.48. The van der Waals surface area contributed by atoms with E-state index in [-0.39, 0.29) is 19.1 Å². The van der Waals surface area contributed by atoms with Gasteiger partial charge in [-0.1, -0.05) is 6.42 Å². The summed E-state index contributed by atoms with van der Waals surface area (Å²) in [5.41, 5.74) is 4.86. The molecule has 1 saturated carbocycles. The molecule has 0 aromatic heterocycles. The Morgan fingerprint density at radius 2 is 2.12 bits per heavy atom. The number of carbonyl (C=O) groups excluding carboxylic acids is 2. The second kappa shape index (κ2) is 6.44. The number of nitrogens with one attached hydrogen (secondary N) is 1. The zero-order chi connectivity index (χ0) is 12.0. The van der Waals surface area contributed by atoms with Gasteiger partial charge in [0.25, 0.3) is 0 Å².